The van der Waals surface area contributed by atoms with Gasteiger partial charge in [0.15, 0.2) is 11.5 Å². The molecule has 1 N–H and O–H groups in total. The van der Waals surface area contributed by atoms with Crippen molar-refractivity contribution >= 4 is 0 Å². The highest BCUT2D eigenvalue weighted by molar-refractivity contribution is 5.45. The molecule has 0 saturated heterocycles. The highest BCUT2D eigenvalue weighted by Gasteiger charge is 2.36. The maximum absolute atomic E-state index is 10.3. The lowest BCUT2D eigenvalue weighted by Crippen LogP contribution is -2.33. The van der Waals surface area contributed by atoms with Gasteiger partial charge >= 0.3 is 0 Å². The van der Waals surface area contributed by atoms with Gasteiger partial charge in [-0.3, -0.25) is 0 Å². The van der Waals surface area contributed by atoms with E-state index < -0.39 is 5.60 Å². The van der Waals surface area contributed by atoms with Crippen molar-refractivity contribution in [3.05, 3.63) is 23.8 Å². The first-order valence-electron chi connectivity index (χ1n) is 6.32. The minimum absolute atomic E-state index is 0.599. The van der Waals surface area contributed by atoms with Crippen molar-refractivity contribution in [2.75, 3.05) is 13.2 Å². The van der Waals surface area contributed by atoms with Gasteiger partial charge in [-0.25, -0.2) is 0 Å². The van der Waals surface area contributed by atoms with Crippen molar-refractivity contribution in [2.24, 2.45) is 0 Å². The molecule has 2 rings (SSSR count). The normalized spacial score (nSPS) is 17.4. The van der Waals surface area contributed by atoms with E-state index >= 15 is 0 Å². The predicted molar refractivity (Wildman–Crippen MR) is 66.5 cm³/mol. The molecule has 0 bridgehead atoms. The molecule has 1 fully saturated rings. The predicted octanol–water partition coefficient (Wildman–Crippen LogP) is 2.86. The highest BCUT2D eigenvalue weighted by atomic mass is 16.5. The van der Waals surface area contributed by atoms with Crippen LogP contribution in [0.2, 0.25) is 0 Å². The molecule has 1 aliphatic carbocycles. The smallest absolute Gasteiger partial charge is 0.161 e. The van der Waals surface area contributed by atoms with Gasteiger partial charge in [-0.05, 0) is 50.8 Å². The standard InChI is InChI=1S/C14H20O3/c1-3-16-12-7-6-11(10-13(12)17-4-2)14(15)8-5-9-14/h6-7,10,15H,3-5,8-9H2,1-2H3. The third-order valence-electron chi connectivity index (χ3n) is 3.26. The number of aliphatic hydroxyl groups is 1. The Balaban J connectivity index is 2.27. The quantitative estimate of drug-likeness (QED) is 0.854. The van der Waals surface area contributed by atoms with Crippen molar-refractivity contribution in [1.29, 1.82) is 0 Å². The van der Waals surface area contributed by atoms with E-state index in [-0.39, 0.29) is 0 Å². The maximum Gasteiger partial charge on any atom is 0.161 e. The zero-order valence-corrected chi connectivity index (χ0v) is 10.5. The van der Waals surface area contributed by atoms with Gasteiger partial charge in [0.1, 0.15) is 0 Å². The zero-order chi connectivity index (χ0) is 12.3. The van der Waals surface area contributed by atoms with Gasteiger partial charge in [0.2, 0.25) is 0 Å². The van der Waals surface area contributed by atoms with Crippen LogP contribution in [0.15, 0.2) is 18.2 Å². The van der Waals surface area contributed by atoms with Gasteiger partial charge in [0.25, 0.3) is 0 Å². The molecule has 1 saturated carbocycles. The highest BCUT2D eigenvalue weighted by Crippen LogP contribution is 2.43. The van der Waals surface area contributed by atoms with Crippen molar-refractivity contribution < 1.29 is 14.6 Å². The van der Waals surface area contributed by atoms with Crippen LogP contribution in [0, 0.1) is 0 Å². The molecule has 0 aliphatic heterocycles. The number of hydrogen-bond acceptors (Lipinski definition) is 3. The number of benzene rings is 1. The Morgan fingerprint density at radius 3 is 2.29 bits per heavy atom. The third-order valence-corrected chi connectivity index (χ3v) is 3.26. The van der Waals surface area contributed by atoms with Crippen LogP contribution in [0.5, 0.6) is 11.5 Å². The fraction of sp³-hybridized carbons (Fsp3) is 0.571. The van der Waals surface area contributed by atoms with Crippen LogP contribution < -0.4 is 9.47 Å². The van der Waals surface area contributed by atoms with Gasteiger partial charge in [-0.2, -0.15) is 0 Å². The molecule has 94 valence electrons. The van der Waals surface area contributed by atoms with Crippen LogP contribution >= 0.6 is 0 Å². The summed E-state index contributed by atoms with van der Waals surface area (Å²) in [4.78, 5) is 0. The minimum Gasteiger partial charge on any atom is -0.490 e. The first-order valence-corrected chi connectivity index (χ1v) is 6.32. The molecule has 0 heterocycles. The monoisotopic (exact) mass is 236 g/mol. The van der Waals surface area contributed by atoms with Gasteiger partial charge in [-0.1, -0.05) is 6.07 Å². The van der Waals surface area contributed by atoms with Crippen LogP contribution in [0.25, 0.3) is 0 Å². The molecule has 0 aromatic heterocycles. The Kier molecular flexibility index (Phi) is 3.57. The Labute approximate surface area is 102 Å². The second-order valence-corrected chi connectivity index (χ2v) is 4.41. The lowest BCUT2D eigenvalue weighted by Gasteiger charge is -2.37. The largest absolute Gasteiger partial charge is 0.490 e. The average Bonchev–Trinajstić information content (AvgIpc) is 2.29. The molecule has 0 radical (unpaired) electrons. The summed E-state index contributed by atoms with van der Waals surface area (Å²) >= 11 is 0. The molecule has 3 nitrogen and oxygen atoms in total. The topological polar surface area (TPSA) is 38.7 Å². The summed E-state index contributed by atoms with van der Waals surface area (Å²) in [7, 11) is 0. The van der Waals surface area contributed by atoms with E-state index in [1.54, 1.807) is 0 Å². The summed E-state index contributed by atoms with van der Waals surface area (Å²) in [6, 6.07) is 5.74. The van der Waals surface area contributed by atoms with Gasteiger partial charge in [0, 0.05) is 0 Å². The Bertz CT molecular complexity index is 383. The van der Waals surface area contributed by atoms with E-state index in [2.05, 4.69) is 0 Å². The van der Waals surface area contributed by atoms with Crippen molar-refractivity contribution in [2.45, 2.75) is 38.7 Å². The van der Waals surface area contributed by atoms with E-state index in [0.29, 0.717) is 13.2 Å². The van der Waals surface area contributed by atoms with Crippen molar-refractivity contribution in [3.8, 4) is 11.5 Å². The van der Waals surface area contributed by atoms with Gasteiger partial charge < -0.3 is 14.6 Å². The molecule has 1 aliphatic rings. The molecule has 0 unspecified atom stereocenters. The summed E-state index contributed by atoms with van der Waals surface area (Å²) in [5.74, 6) is 1.48. The fourth-order valence-electron chi connectivity index (χ4n) is 2.14. The second-order valence-electron chi connectivity index (χ2n) is 4.41. The molecule has 17 heavy (non-hydrogen) atoms. The lowest BCUT2D eigenvalue weighted by molar-refractivity contribution is -0.0389. The molecular weight excluding hydrogens is 216 g/mol. The van der Waals surface area contributed by atoms with Crippen molar-refractivity contribution in [1.82, 2.24) is 0 Å². The van der Waals surface area contributed by atoms with Gasteiger partial charge in [0.05, 0.1) is 18.8 Å². The summed E-state index contributed by atoms with van der Waals surface area (Å²) in [5.41, 5.74) is 0.298. The molecule has 0 amide bonds. The van der Waals surface area contributed by atoms with Gasteiger partial charge in [-0.15, -0.1) is 0 Å². The van der Waals surface area contributed by atoms with E-state index in [1.807, 2.05) is 32.0 Å². The van der Waals surface area contributed by atoms with Crippen LogP contribution in [0.4, 0.5) is 0 Å². The third kappa shape index (κ3) is 2.39. The molecule has 1 aromatic carbocycles. The molecule has 0 spiro atoms. The Morgan fingerprint density at radius 1 is 1.12 bits per heavy atom. The average molecular weight is 236 g/mol. The fourth-order valence-corrected chi connectivity index (χ4v) is 2.14. The Morgan fingerprint density at radius 2 is 1.76 bits per heavy atom. The second kappa shape index (κ2) is 4.96. The SMILES string of the molecule is CCOc1ccc(C2(O)CCC2)cc1OCC. The van der Waals surface area contributed by atoms with Crippen molar-refractivity contribution in [3.63, 3.8) is 0 Å². The van der Waals surface area contributed by atoms with E-state index in [1.165, 1.54) is 0 Å². The number of ether oxygens (including phenoxy) is 2. The number of hydrogen-bond donors (Lipinski definition) is 1. The molecule has 1 aromatic rings. The molecule has 3 heteroatoms. The number of rotatable bonds is 5. The van der Waals surface area contributed by atoms with E-state index in [9.17, 15) is 5.11 Å². The summed E-state index contributed by atoms with van der Waals surface area (Å²) in [6.07, 6.45) is 2.77. The Hall–Kier alpha value is -1.22. The summed E-state index contributed by atoms with van der Waals surface area (Å²) in [6.45, 7) is 5.11. The molecular formula is C14H20O3. The van der Waals surface area contributed by atoms with Crippen LogP contribution in [0.1, 0.15) is 38.7 Å². The first kappa shape index (κ1) is 12.2. The van der Waals surface area contributed by atoms with Crippen LogP contribution in [-0.2, 0) is 5.60 Å². The van der Waals surface area contributed by atoms with E-state index in [0.717, 1.165) is 36.3 Å². The lowest BCUT2D eigenvalue weighted by atomic mass is 9.75. The van der Waals surface area contributed by atoms with Crippen LogP contribution in [-0.4, -0.2) is 18.3 Å². The first-order chi connectivity index (χ1) is 8.19. The maximum atomic E-state index is 10.3. The summed E-state index contributed by atoms with van der Waals surface area (Å²) in [5, 5.41) is 10.3. The van der Waals surface area contributed by atoms with Crippen LogP contribution in [0.3, 0.4) is 0 Å². The zero-order valence-electron chi connectivity index (χ0n) is 10.5. The molecule has 0 atom stereocenters. The summed E-state index contributed by atoms with van der Waals surface area (Å²) < 4.78 is 11.1. The minimum atomic E-state index is -0.642. The van der Waals surface area contributed by atoms with E-state index in [4.69, 9.17) is 9.47 Å².